The first-order valence-electron chi connectivity index (χ1n) is 6.98. The second kappa shape index (κ2) is 6.93. The highest BCUT2D eigenvalue weighted by Gasteiger charge is 2.09. The molecule has 0 fully saturated rings. The van der Waals surface area contributed by atoms with Gasteiger partial charge in [0.25, 0.3) is 0 Å². The molecule has 6 heteroatoms. The van der Waals surface area contributed by atoms with Gasteiger partial charge in [0.05, 0.1) is 11.4 Å². The maximum atomic E-state index is 11.9. The SMILES string of the molecule is Nc1ccc(-c2cccs2)cc1NC(=O)OCc1cccnc1. The van der Waals surface area contributed by atoms with Crippen LogP contribution in [0, 0.1) is 0 Å². The van der Waals surface area contributed by atoms with E-state index >= 15 is 0 Å². The van der Waals surface area contributed by atoms with Crippen molar-refractivity contribution >= 4 is 28.8 Å². The molecule has 1 aromatic carbocycles. The van der Waals surface area contributed by atoms with Crippen molar-refractivity contribution in [3.05, 3.63) is 65.8 Å². The third-order valence-electron chi connectivity index (χ3n) is 3.19. The van der Waals surface area contributed by atoms with Crippen LogP contribution in [0.1, 0.15) is 5.56 Å². The number of nitrogens with one attached hydrogen (secondary N) is 1. The zero-order valence-corrected chi connectivity index (χ0v) is 13.0. The van der Waals surface area contributed by atoms with Crippen molar-refractivity contribution in [2.75, 3.05) is 11.1 Å². The fourth-order valence-corrected chi connectivity index (χ4v) is 2.76. The Morgan fingerprint density at radius 3 is 2.91 bits per heavy atom. The summed E-state index contributed by atoms with van der Waals surface area (Å²) >= 11 is 1.63. The third-order valence-corrected chi connectivity index (χ3v) is 4.11. The number of hydrogen-bond acceptors (Lipinski definition) is 5. The van der Waals surface area contributed by atoms with Gasteiger partial charge < -0.3 is 10.5 Å². The predicted octanol–water partition coefficient (Wildman–Crippen LogP) is 4.14. The summed E-state index contributed by atoms with van der Waals surface area (Å²) < 4.78 is 5.17. The highest BCUT2D eigenvalue weighted by molar-refractivity contribution is 7.13. The first-order chi connectivity index (χ1) is 11.2. The molecule has 0 atom stereocenters. The van der Waals surface area contributed by atoms with Gasteiger partial charge in [-0.1, -0.05) is 18.2 Å². The Balaban J connectivity index is 1.67. The molecule has 0 spiro atoms. The van der Waals surface area contributed by atoms with Gasteiger partial charge in [0.2, 0.25) is 0 Å². The molecule has 2 heterocycles. The summed E-state index contributed by atoms with van der Waals surface area (Å²) in [5.74, 6) is 0. The summed E-state index contributed by atoms with van der Waals surface area (Å²) in [5.41, 5.74) is 8.76. The Kier molecular flexibility index (Phi) is 4.54. The molecule has 3 N–H and O–H groups in total. The molecule has 0 aliphatic carbocycles. The van der Waals surface area contributed by atoms with Crippen LogP contribution in [0.4, 0.5) is 16.2 Å². The Hall–Kier alpha value is -2.86. The van der Waals surface area contributed by atoms with Crippen LogP contribution in [0.3, 0.4) is 0 Å². The first-order valence-corrected chi connectivity index (χ1v) is 7.86. The van der Waals surface area contributed by atoms with Gasteiger partial charge in [0.1, 0.15) is 6.61 Å². The quantitative estimate of drug-likeness (QED) is 0.707. The number of ether oxygens (including phenoxy) is 1. The largest absolute Gasteiger partial charge is 0.444 e. The average Bonchev–Trinajstić information content (AvgIpc) is 3.10. The lowest BCUT2D eigenvalue weighted by atomic mass is 10.1. The molecular formula is C17H15N3O2S. The number of hydrogen-bond donors (Lipinski definition) is 2. The Labute approximate surface area is 137 Å². The third kappa shape index (κ3) is 3.87. The summed E-state index contributed by atoms with van der Waals surface area (Å²) in [7, 11) is 0. The molecule has 0 aliphatic heterocycles. The molecule has 116 valence electrons. The van der Waals surface area contributed by atoms with Crippen LogP contribution in [0.15, 0.2) is 60.2 Å². The van der Waals surface area contributed by atoms with Gasteiger partial charge in [-0.05, 0) is 35.2 Å². The summed E-state index contributed by atoms with van der Waals surface area (Å²) in [5, 5.41) is 4.68. The van der Waals surface area contributed by atoms with E-state index in [-0.39, 0.29) is 6.61 Å². The minimum absolute atomic E-state index is 0.157. The van der Waals surface area contributed by atoms with Gasteiger partial charge in [-0.25, -0.2) is 4.79 Å². The monoisotopic (exact) mass is 325 g/mol. The van der Waals surface area contributed by atoms with Crippen LogP contribution in [0.5, 0.6) is 0 Å². The molecule has 2 aromatic heterocycles. The molecule has 3 aromatic rings. The van der Waals surface area contributed by atoms with E-state index in [4.69, 9.17) is 10.5 Å². The molecule has 0 aliphatic rings. The van der Waals surface area contributed by atoms with Crippen LogP contribution in [0.2, 0.25) is 0 Å². The first kappa shape index (κ1) is 15.1. The molecule has 1 amide bonds. The molecule has 0 bridgehead atoms. The smallest absolute Gasteiger partial charge is 0.412 e. The van der Waals surface area contributed by atoms with E-state index in [1.807, 2.05) is 35.7 Å². The van der Waals surface area contributed by atoms with Crippen molar-refractivity contribution in [1.29, 1.82) is 0 Å². The number of thiophene rings is 1. The van der Waals surface area contributed by atoms with Crippen LogP contribution >= 0.6 is 11.3 Å². The maximum absolute atomic E-state index is 11.9. The highest BCUT2D eigenvalue weighted by atomic mass is 32.1. The van der Waals surface area contributed by atoms with Gasteiger partial charge in [-0.15, -0.1) is 11.3 Å². The molecule has 3 rings (SSSR count). The normalized spacial score (nSPS) is 10.3. The molecule has 0 radical (unpaired) electrons. The second-order valence-electron chi connectivity index (χ2n) is 4.84. The van der Waals surface area contributed by atoms with Crippen LogP contribution in [-0.4, -0.2) is 11.1 Å². The van der Waals surface area contributed by atoms with Gasteiger partial charge >= 0.3 is 6.09 Å². The molecular weight excluding hydrogens is 310 g/mol. The van der Waals surface area contributed by atoms with Crippen LogP contribution in [0.25, 0.3) is 10.4 Å². The number of aromatic nitrogens is 1. The van der Waals surface area contributed by atoms with Crippen molar-refractivity contribution in [2.45, 2.75) is 6.61 Å². The van der Waals surface area contributed by atoms with Crippen LogP contribution < -0.4 is 11.1 Å². The van der Waals surface area contributed by atoms with Gasteiger partial charge in [-0.3, -0.25) is 10.3 Å². The Morgan fingerprint density at radius 1 is 1.26 bits per heavy atom. The number of anilines is 2. The van der Waals surface area contributed by atoms with Crippen molar-refractivity contribution in [3.8, 4) is 10.4 Å². The lowest BCUT2D eigenvalue weighted by molar-refractivity contribution is 0.155. The van der Waals surface area contributed by atoms with Gasteiger partial charge in [0.15, 0.2) is 0 Å². The lowest BCUT2D eigenvalue weighted by Crippen LogP contribution is -2.14. The van der Waals surface area contributed by atoms with E-state index in [9.17, 15) is 4.79 Å². The molecule has 0 saturated heterocycles. The number of pyridine rings is 1. The van der Waals surface area contributed by atoms with E-state index in [0.29, 0.717) is 11.4 Å². The van der Waals surface area contributed by atoms with Gasteiger partial charge in [-0.2, -0.15) is 0 Å². The van der Waals surface area contributed by atoms with E-state index < -0.39 is 6.09 Å². The van der Waals surface area contributed by atoms with E-state index in [0.717, 1.165) is 16.0 Å². The minimum atomic E-state index is -0.552. The molecule has 5 nitrogen and oxygen atoms in total. The number of benzene rings is 1. The number of nitrogens with zero attached hydrogens (tertiary/aromatic N) is 1. The van der Waals surface area contributed by atoms with Crippen molar-refractivity contribution < 1.29 is 9.53 Å². The highest BCUT2D eigenvalue weighted by Crippen LogP contribution is 2.30. The number of carbonyl (C=O) groups is 1. The van der Waals surface area contributed by atoms with E-state index in [1.165, 1.54) is 0 Å². The number of nitrogen functional groups attached to an aromatic ring is 1. The molecule has 0 saturated carbocycles. The van der Waals surface area contributed by atoms with Crippen LogP contribution in [-0.2, 0) is 11.3 Å². The second-order valence-corrected chi connectivity index (χ2v) is 5.79. The predicted molar refractivity (Wildman–Crippen MR) is 92.2 cm³/mol. The Bertz CT molecular complexity index is 789. The number of nitrogens with two attached hydrogens (primary N) is 1. The maximum Gasteiger partial charge on any atom is 0.412 e. The average molecular weight is 325 g/mol. The molecule has 0 unspecified atom stereocenters. The zero-order valence-electron chi connectivity index (χ0n) is 12.2. The number of amides is 1. The summed E-state index contributed by atoms with van der Waals surface area (Å²) in [6.07, 6.45) is 2.77. The minimum Gasteiger partial charge on any atom is -0.444 e. The lowest BCUT2D eigenvalue weighted by Gasteiger charge is -2.10. The summed E-state index contributed by atoms with van der Waals surface area (Å²) in [4.78, 5) is 17.0. The topological polar surface area (TPSA) is 77.2 Å². The standard InChI is InChI=1S/C17H15N3O2S/c18-14-6-5-13(16-4-2-8-23-16)9-15(14)20-17(21)22-11-12-3-1-7-19-10-12/h1-10H,11,18H2,(H,20,21). The van der Waals surface area contributed by atoms with Crippen molar-refractivity contribution in [1.82, 2.24) is 4.98 Å². The molecule has 23 heavy (non-hydrogen) atoms. The van der Waals surface area contributed by atoms with E-state index in [2.05, 4.69) is 10.3 Å². The number of rotatable bonds is 4. The Morgan fingerprint density at radius 2 is 2.17 bits per heavy atom. The zero-order chi connectivity index (χ0) is 16.1. The fourth-order valence-electron chi connectivity index (χ4n) is 2.04. The van der Waals surface area contributed by atoms with Gasteiger partial charge in [0, 0.05) is 22.8 Å². The van der Waals surface area contributed by atoms with Crippen molar-refractivity contribution in [2.24, 2.45) is 0 Å². The summed E-state index contributed by atoms with van der Waals surface area (Å²) in [6.45, 7) is 0.157. The van der Waals surface area contributed by atoms with E-state index in [1.54, 1.807) is 35.9 Å². The van der Waals surface area contributed by atoms with Crippen molar-refractivity contribution in [3.63, 3.8) is 0 Å². The summed E-state index contributed by atoms with van der Waals surface area (Å²) in [6, 6.07) is 13.2. The fraction of sp³-hybridized carbons (Fsp3) is 0.0588. The number of carbonyl (C=O) groups excluding carboxylic acids is 1.